The fourth-order valence-corrected chi connectivity index (χ4v) is 0.945. The van der Waals surface area contributed by atoms with Gasteiger partial charge >= 0.3 is 11.9 Å². The van der Waals surface area contributed by atoms with Crippen molar-refractivity contribution in [2.24, 2.45) is 0 Å². The molecule has 5 heteroatoms. The molecule has 0 aromatic carbocycles. The Morgan fingerprint density at radius 3 is 2.24 bits per heavy atom. The highest BCUT2D eigenvalue weighted by Crippen LogP contribution is 2.06. The average Bonchev–Trinajstić information content (AvgIpc) is 2.21. The van der Waals surface area contributed by atoms with Crippen molar-refractivity contribution in [3.8, 4) is 0 Å². The van der Waals surface area contributed by atoms with Gasteiger partial charge in [0.2, 0.25) is 0 Å². The molecule has 0 saturated carbocycles. The summed E-state index contributed by atoms with van der Waals surface area (Å²) in [4.78, 5) is 22.2. The molecule has 0 atom stereocenters. The van der Waals surface area contributed by atoms with Crippen LogP contribution in [0.2, 0.25) is 0 Å². The van der Waals surface area contributed by atoms with E-state index in [1.807, 2.05) is 20.8 Å². The quantitative estimate of drug-likeness (QED) is 0.402. The molecule has 0 saturated heterocycles. The lowest BCUT2D eigenvalue weighted by Gasteiger charge is -2.19. The summed E-state index contributed by atoms with van der Waals surface area (Å²) in [6, 6.07) is 0. The molecule has 17 heavy (non-hydrogen) atoms. The molecule has 0 rings (SSSR count). The number of carbonyl (C=O) groups excluding carboxylic acids is 2. The molecule has 0 spiro atoms. The van der Waals surface area contributed by atoms with Gasteiger partial charge in [-0.25, -0.2) is 4.79 Å². The molecule has 0 N–H and O–H groups in total. The Labute approximate surface area is 102 Å². The highest BCUT2D eigenvalue weighted by molar-refractivity contribution is 5.93. The Morgan fingerprint density at radius 1 is 1.18 bits per heavy atom. The van der Waals surface area contributed by atoms with Gasteiger partial charge in [0.25, 0.3) is 0 Å². The van der Waals surface area contributed by atoms with Gasteiger partial charge in [0.05, 0.1) is 25.7 Å². The summed E-state index contributed by atoms with van der Waals surface area (Å²) in [5, 5.41) is 0. The fraction of sp³-hybridized carbons (Fsp3) is 0.667. The minimum Gasteiger partial charge on any atom is -0.466 e. The van der Waals surface area contributed by atoms with Crippen molar-refractivity contribution in [1.82, 2.24) is 0 Å². The van der Waals surface area contributed by atoms with E-state index < -0.39 is 11.9 Å². The van der Waals surface area contributed by atoms with Gasteiger partial charge in [0.15, 0.2) is 0 Å². The maximum atomic E-state index is 11.3. The second kappa shape index (κ2) is 7.06. The summed E-state index contributed by atoms with van der Waals surface area (Å²) >= 11 is 0. The average molecular weight is 244 g/mol. The van der Waals surface area contributed by atoms with Gasteiger partial charge in [-0.05, 0) is 20.8 Å². The molecule has 0 aliphatic heterocycles. The summed E-state index contributed by atoms with van der Waals surface area (Å²) in [5.74, 6) is -1.12. The van der Waals surface area contributed by atoms with E-state index in [4.69, 9.17) is 9.47 Å². The van der Waals surface area contributed by atoms with E-state index in [0.29, 0.717) is 6.61 Å². The molecule has 5 nitrogen and oxygen atoms in total. The first kappa shape index (κ1) is 15.6. The number of hydrogen-bond donors (Lipinski definition) is 0. The maximum Gasteiger partial charge on any atom is 0.333 e. The van der Waals surface area contributed by atoms with Crippen molar-refractivity contribution in [2.45, 2.75) is 32.8 Å². The normalized spacial score (nSPS) is 10.8. The number of carbonyl (C=O) groups is 2. The van der Waals surface area contributed by atoms with Crippen LogP contribution >= 0.6 is 0 Å². The summed E-state index contributed by atoms with van der Waals surface area (Å²) in [6.07, 6.45) is -0.164. The molecule has 0 unspecified atom stereocenters. The van der Waals surface area contributed by atoms with Crippen molar-refractivity contribution in [3.05, 3.63) is 12.2 Å². The van der Waals surface area contributed by atoms with E-state index in [0.717, 1.165) is 0 Å². The first-order chi connectivity index (χ1) is 7.76. The predicted molar refractivity (Wildman–Crippen MR) is 62.4 cm³/mol. The van der Waals surface area contributed by atoms with Gasteiger partial charge in [-0.15, -0.1) is 0 Å². The zero-order valence-corrected chi connectivity index (χ0v) is 10.9. The van der Waals surface area contributed by atoms with E-state index >= 15 is 0 Å². The molecular formula is C12H20O5. The second-order valence-corrected chi connectivity index (χ2v) is 4.45. The maximum absolute atomic E-state index is 11.3. The molecule has 0 bridgehead atoms. The topological polar surface area (TPSA) is 61.8 Å². The van der Waals surface area contributed by atoms with Crippen LogP contribution in [0.5, 0.6) is 0 Å². The van der Waals surface area contributed by atoms with Crippen LogP contribution in [-0.4, -0.2) is 37.9 Å². The lowest BCUT2D eigenvalue weighted by atomic mass is 10.2. The van der Waals surface area contributed by atoms with E-state index in [2.05, 4.69) is 11.3 Å². The van der Waals surface area contributed by atoms with Crippen LogP contribution in [0.3, 0.4) is 0 Å². The Balaban J connectivity index is 3.74. The third-order valence-electron chi connectivity index (χ3n) is 1.71. The Hall–Kier alpha value is -1.36. The van der Waals surface area contributed by atoms with Crippen LogP contribution in [-0.2, 0) is 23.8 Å². The van der Waals surface area contributed by atoms with Crippen LogP contribution < -0.4 is 0 Å². The van der Waals surface area contributed by atoms with Crippen molar-refractivity contribution >= 4 is 11.9 Å². The molecule has 98 valence electrons. The number of esters is 2. The summed E-state index contributed by atoms with van der Waals surface area (Å²) in [5.41, 5.74) is -0.184. The van der Waals surface area contributed by atoms with Crippen molar-refractivity contribution in [3.63, 3.8) is 0 Å². The molecule has 0 radical (unpaired) electrons. The van der Waals surface area contributed by atoms with Crippen molar-refractivity contribution in [1.29, 1.82) is 0 Å². The standard InChI is InChI=1S/C12H20O5/c1-9(11(14)15-5)8-10(13)16-6-7-17-12(2,3)4/h1,6-8H2,2-5H3. The SMILES string of the molecule is C=C(CC(=O)OCCOC(C)(C)C)C(=O)OC. The first-order valence-corrected chi connectivity index (χ1v) is 5.32. The molecule has 0 aromatic heterocycles. The molecule has 0 aromatic rings. The molecule has 0 aliphatic carbocycles. The number of methoxy groups -OCH3 is 1. The van der Waals surface area contributed by atoms with E-state index in [-0.39, 0.29) is 24.2 Å². The zero-order valence-electron chi connectivity index (χ0n) is 10.9. The predicted octanol–water partition coefficient (Wildman–Crippen LogP) is 1.46. The van der Waals surface area contributed by atoms with Crippen LogP contribution in [0.15, 0.2) is 12.2 Å². The van der Waals surface area contributed by atoms with Crippen molar-refractivity contribution in [2.75, 3.05) is 20.3 Å². The lowest BCUT2D eigenvalue weighted by molar-refractivity contribution is -0.148. The van der Waals surface area contributed by atoms with Gasteiger partial charge in [-0.3, -0.25) is 4.79 Å². The zero-order chi connectivity index (χ0) is 13.5. The van der Waals surface area contributed by atoms with Gasteiger partial charge in [-0.2, -0.15) is 0 Å². The van der Waals surface area contributed by atoms with E-state index in [9.17, 15) is 9.59 Å². The minimum absolute atomic E-state index is 0.0780. The third kappa shape index (κ3) is 8.45. The fourth-order valence-electron chi connectivity index (χ4n) is 0.945. The van der Waals surface area contributed by atoms with Crippen LogP contribution in [0.1, 0.15) is 27.2 Å². The van der Waals surface area contributed by atoms with Gasteiger partial charge in [-0.1, -0.05) is 6.58 Å². The van der Waals surface area contributed by atoms with Gasteiger partial charge < -0.3 is 14.2 Å². The Morgan fingerprint density at radius 2 is 1.76 bits per heavy atom. The molecule has 0 heterocycles. The van der Waals surface area contributed by atoms with Crippen LogP contribution in [0, 0.1) is 0 Å². The Bertz CT molecular complexity index is 288. The number of ether oxygens (including phenoxy) is 3. The van der Waals surface area contributed by atoms with Crippen molar-refractivity contribution < 1.29 is 23.8 Å². The number of hydrogen-bond acceptors (Lipinski definition) is 5. The lowest BCUT2D eigenvalue weighted by Crippen LogP contribution is -2.23. The first-order valence-electron chi connectivity index (χ1n) is 5.32. The van der Waals surface area contributed by atoms with Gasteiger partial charge in [0.1, 0.15) is 6.61 Å². The molecule has 0 aliphatic rings. The third-order valence-corrected chi connectivity index (χ3v) is 1.71. The monoisotopic (exact) mass is 244 g/mol. The molecule has 0 amide bonds. The van der Waals surface area contributed by atoms with Crippen LogP contribution in [0.4, 0.5) is 0 Å². The molecule has 0 fully saturated rings. The summed E-state index contributed by atoms with van der Waals surface area (Å²) in [6.45, 7) is 9.63. The second-order valence-electron chi connectivity index (χ2n) is 4.45. The summed E-state index contributed by atoms with van der Waals surface area (Å²) < 4.78 is 14.6. The smallest absolute Gasteiger partial charge is 0.333 e. The molecular weight excluding hydrogens is 224 g/mol. The van der Waals surface area contributed by atoms with E-state index in [1.54, 1.807) is 0 Å². The van der Waals surface area contributed by atoms with Gasteiger partial charge in [0, 0.05) is 5.57 Å². The highest BCUT2D eigenvalue weighted by Gasteiger charge is 2.14. The largest absolute Gasteiger partial charge is 0.466 e. The van der Waals surface area contributed by atoms with Crippen LogP contribution in [0.25, 0.3) is 0 Å². The van der Waals surface area contributed by atoms with E-state index in [1.165, 1.54) is 7.11 Å². The minimum atomic E-state index is -0.604. The number of rotatable bonds is 6. The highest BCUT2D eigenvalue weighted by atomic mass is 16.6. The summed E-state index contributed by atoms with van der Waals surface area (Å²) in [7, 11) is 1.23. The Kier molecular flexibility index (Phi) is 6.50.